The molecule has 1 aromatic heterocycles. The van der Waals surface area contributed by atoms with Crippen LogP contribution in [0, 0.1) is 6.92 Å². The molecule has 0 radical (unpaired) electrons. The van der Waals surface area contributed by atoms with Gasteiger partial charge in [0.1, 0.15) is 5.01 Å². The number of hydrogen-bond acceptors (Lipinski definition) is 3. The maximum atomic E-state index is 4.92. The predicted molar refractivity (Wildman–Crippen MR) is 95.2 cm³/mol. The molecule has 2 nitrogen and oxygen atoms in total. The van der Waals surface area contributed by atoms with Crippen LogP contribution in [0.15, 0.2) is 0 Å². The van der Waals surface area contributed by atoms with E-state index < -0.39 is 0 Å². The van der Waals surface area contributed by atoms with Gasteiger partial charge in [-0.1, -0.05) is 46.0 Å². The number of hydrogen-bond donors (Lipinski definition) is 1. The summed E-state index contributed by atoms with van der Waals surface area (Å²) in [6.45, 7) is 13.5. The highest BCUT2D eigenvalue weighted by atomic mass is 32.1. The van der Waals surface area contributed by atoms with Crippen LogP contribution in [0.25, 0.3) is 0 Å². The van der Waals surface area contributed by atoms with Gasteiger partial charge < -0.3 is 5.32 Å². The zero-order valence-electron chi connectivity index (χ0n) is 14.9. The Hall–Kier alpha value is -0.410. The van der Waals surface area contributed by atoms with Gasteiger partial charge in [0.25, 0.3) is 0 Å². The molecule has 21 heavy (non-hydrogen) atoms. The Balaban J connectivity index is 2.76. The summed E-state index contributed by atoms with van der Waals surface area (Å²) in [6, 6.07) is 0.486. The first kappa shape index (κ1) is 18.6. The van der Waals surface area contributed by atoms with Gasteiger partial charge in [0.05, 0.1) is 11.2 Å². The summed E-state index contributed by atoms with van der Waals surface area (Å²) in [7, 11) is 0. The van der Waals surface area contributed by atoms with Crippen molar-refractivity contribution in [3.63, 3.8) is 0 Å². The van der Waals surface area contributed by atoms with Crippen molar-refractivity contribution in [2.24, 2.45) is 0 Å². The van der Waals surface area contributed by atoms with Gasteiger partial charge >= 0.3 is 0 Å². The fourth-order valence-electron chi connectivity index (χ4n) is 2.95. The third kappa shape index (κ3) is 5.71. The second kappa shape index (κ2) is 8.89. The molecule has 1 rings (SSSR count). The fourth-order valence-corrected chi connectivity index (χ4v) is 4.09. The van der Waals surface area contributed by atoms with Crippen molar-refractivity contribution in [2.45, 2.75) is 98.1 Å². The van der Waals surface area contributed by atoms with Crippen LogP contribution in [0.4, 0.5) is 0 Å². The van der Waals surface area contributed by atoms with E-state index in [1.54, 1.807) is 0 Å². The highest BCUT2D eigenvalue weighted by molar-refractivity contribution is 7.11. The van der Waals surface area contributed by atoms with Crippen molar-refractivity contribution in [3.8, 4) is 0 Å². The Morgan fingerprint density at radius 3 is 2.33 bits per heavy atom. The maximum absolute atomic E-state index is 4.92. The molecule has 3 heteroatoms. The second-order valence-electron chi connectivity index (χ2n) is 6.67. The topological polar surface area (TPSA) is 24.9 Å². The van der Waals surface area contributed by atoms with Crippen LogP contribution in [-0.4, -0.2) is 11.0 Å². The van der Waals surface area contributed by atoms with Gasteiger partial charge in [-0.15, -0.1) is 11.3 Å². The van der Waals surface area contributed by atoms with Gasteiger partial charge in [-0.2, -0.15) is 0 Å². The first-order valence-corrected chi connectivity index (χ1v) is 9.49. The normalized spacial score (nSPS) is 14.6. The standard InChI is InChI=1S/C18H34N2S/c1-7-9-10-11-12-13-18(6,20-14(3)4)17-19-16(8-2)15(5)21-17/h14,20H,7-13H2,1-6H3. The molecule has 1 heterocycles. The number of nitrogens with zero attached hydrogens (tertiary/aromatic N) is 1. The highest BCUT2D eigenvalue weighted by Crippen LogP contribution is 2.33. The van der Waals surface area contributed by atoms with Crippen LogP contribution in [-0.2, 0) is 12.0 Å². The van der Waals surface area contributed by atoms with Gasteiger partial charge in [0.2, 0.25) is 0 Å². The minimum atomic E-state index is 0.0310. The SMILES string of the molecule is CCCCCCCC(C)(NC(C)C)c1nc(CC)c(C)s1. The lowest BCUT2D eigenvalue weighted by Gasteiger charge is -2.31. The third-order valence-corrected chi connectivity index (χ3v) is 5.36. The number of aromatic nitrogens is 1. The molecule has 0 spiro atoms. The van der Waals surface area contributed by atoms with E-state index in [1.807, 2.05) is 11.3 Å². The summed E-state index contributed by atoms with van der Waals surface area (Å²) < 4.78 is 0. The second-order valence-corrected chi connectivity index (χ2v) is 7.87. The van der Waals surface area contributed by atoms with Crippen LogP contribution in [0.5, 0.6) is 0 Å². The molecule has 1 aromatic rings. The molecule has 0 amide bonds. The number of unbranched alkanes of at least 4 members (excludes halogenated alkanes) is 4. The molecule has 1 atom stereocenters. The Morgan fingerprint density at radius 1 is 1.14 bits per heavy atom. The van der Waals surface area contributed by atoms with Crippen LogP contribution in [0.3, 0.4) is 0 Å². The van der Waals surface area contributed by atoms with E-state index in [1.165, 1.54) is 54.1 Å². The molecule has 0 bridgehead atoms. The zero-order chi connectivity index (χ0) is 15.9. The van der Waals surface area contributed by atoms with Gasteiger partial charge in [-0.05, 0) is 40.5 Å². The molecule has 0 aliphatic carbocycles. The molecule has 1 N–H and O–H groups in total. The van der Waals surface area contributed by atoms with Crippen molar-refractivity contribution >= 4 is 11.3 Å². The lowest BCUT2D eigenvalue weighted by Crippen LogP contribution is -2.43. The first-order chi connectivity index (χ1) is 9.92. The van der Waals surface area contributed by atoms with Crippen molar-refractivity contribution in [1.82, 2.24) is 10.3 Å². The Labute approximate surface area is 135 Å². The number of rotatable bonds is 10. The lowest BCUT2D eigenvalue weighted by atomic mass is 9.93. The van der Waals surface area contributed by atoms with Gasteiger partial charge in [0.15, 0.2) is 0 Å². The molecule has 0 saturated carbocycles. The Bertz CT molecular complexity index is 411. The van der Waals surface area contributed by atoms with Gasteiger partial charge in [-0.3, -0.25) is 0 Å². The fraction of sp³-hybridized carbons (Fsp3) is 0.833. The summed E-state index contributed by atoms with van der Waals surface area (Å²) in [5, 5.41) is 5.05. The quantitative estimate of drug-likeness (QED) is 0.570. The number of aryl methyl sites for hydroxylation is 2. The van der Waals surface area contributed by atoms with E-state index in [9.17, 15) is 0 Å². The summed E-state index contributed by atoms with van der Waals surface area (Å²) in [6.07, 6.45) is 8.90. The Kier molecular flexibility index (Phi) is 7.89. The van der Waals surface area contributed by atoms with Gasteiger partial charge in [0, 0.05) is 10.9 Å². The van der Waals surface area contributed by atoms with E-state index in [-0.39, 0.29) is 5.54 Å². The molecule has 0 fully saturated rings. The molecule has 0 saturated heterocycles. The predicted octanol–water partition coefficient (Wildman–Crippen LogP) is 5.59. The summed E-state index contributed by atoms with van der Waals surface area (Å²) in [5.41, 5.74) is 1.31. The Morgan fingerprint density at radius 2 is 1.81 bits per heavy atom. The molecule has 0 aromatic carbocycles. The van der Waals surface area contributed by atoms with E-state index in [0.29, 0.717) is 6.04 Å². The molecule has 0 aliphatic heterocycles. The largest absolute Gasteiger partial charge is 0.303 e. The third-order valence-electron chi connectivity index (χ3n) is 4.09. The smallest absolute Gasteiger partial charge is 0.113 e. The number of nitrogens with one attached hydrogen (secondary N) is 1. The van der Waals surface area contributed by atoms with E-state index in [4.69, 9.17) is 4.98 Å². The average Bonchev–Trinajstić information content (AvgIpc) is 2.79. The maximum Gasteiger partial charge on any atom is 0.113 e. The van der Waals surface area contributed by atoms with Crippen molar-refractivity contribution in [1.29, 1.82) is 0 Å². The van der Waals surface area contributed by atoms with Crippen molar-refractivity contribution in [2.75, 3.05) is 0 Å². The van der Waals surface area contributed by atoms with Crippen LogP contribution in [0.2, 0.25) is 0 Å². The minimum Gasteiger partial charge on any atom is -0.303 e. The van der Waals surface area contributed by atoms with Crippen molar-refractivity contribution < 1.29 is 0 Å². The van der Waals surface area contributed by atoms with Crippen molar-refractivity contribution in [3.05, 3.63) is 15.6 Å². The van der Waals surface area contributed by atoms with Crippen LogP contribution >= 0.6 is 11.3 Å². The lowest BCUT2D eigenvalue weighted by molar-refractivity contribution is 0.298. The van der Waals surface area contributed by atoms with E-state index in [2.05, 4.69) is 46.9 Å². The number of thiazole rings is 1. The monoisotopic (exact) mass is 310 g/mol. The summed E-state index contributed by atoms with van der Waals surface area (Å²) in [5.74, 6) is 0. The average molecular weight is 311 g/mol. The summed E-state index contributed by atoms with van der Waals surface area (Å²) >= 11 is 1.88. The van der Waals surface area contributed by atoms with E-state index >= 15 is 0 Å². The molecular formula is C18H34N2S. The minimum absolute atomic E-state index is 0.0310. The molecule has 1 unspecified atom stereocenters. The van der Waals surface area contributed by atoms with E-state index in [0.717, 1.165) is 6.42 Å². The van der Waals surface area contributed by atoms with Crippen LogP contribution < -0.4 is 5.32 Å². The van der Waals surface area contributed by atoms with Crippen LogP contribution in [0.1, 0.15) is 88.7 Å². The zero-order valence-corrected chi connectivity index (χ0v) is 15.7. The summed E-state index contributed by atoms with van der Waals surface area (Å²) in [4.78, 5) is 6.31. The molecule has 0 aliphatic rings. The highest BCUT2D eigenvalue weighted by Gasteiger charge is 2.30. The molecular weight excluding hydrogens is 276 g/mol. The molecule has 122 valence electrons. The first-order valence-electron chi connectivity index (χ1n) is 8.67. The van der Waals surface area contributed by atoms with Gasteiger partial charge in [-0.25, -0.2) is 4.98 Å².